The summed E-state index contributed by atoms with van der Waals surface area (Å²) in [5.41, 5.74) is 3.20. The summed E-state index contributed by atoms with van der Waals surface area (Å²) in [6, 6.07) is 16.4. The molecule has 0 saturated carbocycles. The Labute approximate surface area is 115 Å². The summed E-state index contributed by atoms with van der Waals surface area (Å²) in [7, 11) is 1.96. The normalized spacial score (nSPS) is 12.3. The molecule has 0 aliphatic heterocycles. The lowest BCUT2D eigenvalue weighted by Gasteiger charge is -2.20. The van der Waals surface area contributed by atoms with E-state index in [1.165, 1.54) is 5.56 Å². The molecule has 2 heteroatoms. The van der Waals surface area contributed by atoms with Crippen LogP contribution in [0.25, 0.3) is 0 Å². The maximum Gasteiger partial charge on any atom is 0.122 e. The zero-order valence-corrected chi connectivity index (χ0v) is 11.6. The van der Waals surface area contributed by atoms with Crippen molar-refractivity contribution >= 4 is 0 Å². The SMILES string of the molecule is CNCCC(c1ccccc1)c1cccc(C)c1O. The number of nitrogens with one attached hydrogen (secondary N) is 1. The summed E-state index contributed by atoms with van der Waals surface area (Å²) in [5, 5.41) is 13.5. The highest BCUT2D eigenvalue weighted by Crippen LogP contribution is 2.35. The van der Waals surface area contributed by atoms with Gasteiger partial charge < -0.3 is 10.4 Å². The fourth-order valence-corrected chi connectivity index (χ4v) is 2.44. The predicted molar refractivity (Wildman–Crippen MR) is 79.7 cm³/mol. The van der Waals surface area contributed by atoms with E-state index in [2.05, 4.69) is 29.6 Å². The lowest BCUT2D eigenvalue weighted by Crippen LogP contribution is -2.13. The van der Waals surface area contributed by atoms with Crippen LogP contribution >= 0.6 is 0 Å². The van der Waals surface area contributed by atoms with Gasteiger partial charge in [0.25, 0.3) is 0 Å². The summed E-state index contributed by atoms with van der Waals surface area (Å²) < 4.78 is 0. The number of benzene rings is 2. The molecule has 100 valence electrons. The molecule has 2 N–H and O–H groups in total. The van der Waals surface area contributed by atoms with Crippen molar-refractivity contribution in [1.29, 1.82) is 0 Å². The van der Waals surface area contributed by atoms with E-state index in [1.807, 2.05) is 38.2 Å². The summed E-state index contributed by atoms with van der Waals surface area (Å²) in [6.45, 7) is 2.87. The molecular weight excluding hydrogens is 234 g/mol. The van der Waals surface area contributed by atoms with E-state index in [-0.39, 0.29) is 5.92 Å². The van der Waals surface area contributed by atoms with E-state index < -0.39 is 0 Å². The molecule has 0 spiro atoms. The Kier molecular flexibility index (Phi) is 4.58. The molecule has 0 aromatic heterocycles. The second-order valence-electron chi connectivity index (χ2n) is 4.87. The van der Waals surface area contributed by atoms with Crippen LogP contribution < -0.4 is 5.32 Å². The van der Waals surface area contributed by atoms with Crippen molar-refractivity contribution in [3.05, 3.63) is 65.2 Å². The molecule has 0 aliphatic carbocycles. The van der Waals surface area contributed by atoms with Crippen molar-refractivity contribution in [2.75, 3.05) is 13.6 Å². The predicted octanol–water partition coefficient (Wildman–Crippen LogP) is 3.44. The van der Waals surface area contributed by atoms with Gasteiger partial charge in [-0.05, 0) is 38.1 Å². The number of aromatic hydroxyl groups is 1. The van der Waals surface area contributed by atoms with Crippen LogP contribution in [-0.2, 0) is 0 Å². The molecule has 0 amide bonds. The number of phenols is 1. The smallest absolute Gasteiger partial charge is 0.122 e. The highest BCUT2D eigenvalue weighted by molar-refractivity contribution is 5.45. The van der Waals surface area contributed by atoms with E-state index in [1.54, 1.807) is 0 Å². The third kappa shape index (κ3) is 3.15. The minimum Gasteiger partial charge on any atom is -0.507 e. The Hall–Kier alpha value is -1.80. The molecule has 2 aromatic carbocycles. The van der Waals surface area contributed by atoms with Crippen LogP contribution in [0.15, 0.2) is 48.5 Å². The van der Waals surface area contributed by atoms with Crippen LogP contribution in [0.2, 0.25) is 0 Å². The minimum absolute atomic E-state index is 0.230. The van der Waals surface area contributed by atoms with Crippen molar-refractivity contribution in [3.8, 4) is 5.75 Å². The first-order valence-electron chi connectivity index (χ1n) is 6.72. The summed E-state index contributed by atoms with van der Waals surface area (Å²) >= 11 is 0. The van der Waals surface area contributed by atoms with Crippen molar-refractivity contribution in [2.24, 2.45) is 0 Å². The molecule has 19 heavy (non-hydrogen) atoms. The highest BCUT2D eigenvalue weighted by Gasteiger charge is 2.17. The van der Waals surface area contributed by atoms with Gasteiger partial charge in [-0.25, -0.2) is 0 Å². The van der Waals surface area contributed by atoms with Crippen LogP contribution in [0, 0.1) is 6.92 Å². The molecule has 2 nitrogen and oxygen atoms in total. The van der Waals surface area contributed by atoms with Crippen LogP contribution in [0.3, 0.4) is 0 Å². The van der Waals surface area contributed by atoms with E-state index in [4.69, 9.17) is 0 Å². The molecule has 0 aliphatic rings. The second kappa shape index (κ2) is 6.39. The molecular formula is C17H21NO. The lowest BCUT2D eigenvalue weighted by molar-refractivity contribution is 0.458. The van der Waals surface area contributed by atoms with Gasteiger partial charge in [0.05, 0.1) is 0 Å². The second-order valence-corrected chi connectivity index (χ2v) is 4.87. The Morgan fingerprint density at radius 2 is 1.79 bits per heavy atom. The summed E-state index contributed by atoms with van der Waals surface area (Å²) in [5.74, 6) is 0.654. The maximum absolute atomic E-state index is 10.3. The molecule has 0 heterocycles. The van der Waals surface area contributed by atoms with E-state index in [0.29, 0.717) is 5.75 Å². The first-order chi connectivity index (χ1) is 9.24. The van der Waals surface area contributed by atoms with Crippen molar-refractivity contribution in [1.82, 2.24) is 5.32 Å². The van der Waals surface area contributed by atoms with Gasteiger partial charge in [-0.2, -0.15) is 0 Å². The first kappa shape index (κ1) is 13.6. The van der Waals surface area contributed by atoms with Crippen LogP contribution in [0.5, 0.6) is 5.75 Å². The third-order valence-electron chi connectivity index (χ3n) is 3.53. The van der Waals surface area contributed by atoms with Crippen LogP contribution in [0.1, 0.15) is 29.0 Å². The van der Waals surface area contributed by atoms with Crippen molar-refractivity contribution in [3.63, 3.8) is 0 Å². The standard InChI is InChI=1S/C17H21NO/c1-13-7-6-10-16(17(13)19)15(11-12-18-2)14-8-4-3-5-9-14/h3-10,15,18-19H,11-12H2,1-2H3. The first-order valence-corrected chi connectivity index (χ1v) is 6.72. The third-order valence-corrected chi connectivity index (χ3v) is 3.53. The molecule has 2 rings (SSSR count). The molecule has 1 atom stereocenters. The molecule has 2 aromatic rings. The maximum atomic E-state index is 10.3. The Morgan fingerprint density at radius 1 is 1.05 bits per heavy atom. The molecule has 0 radical (unpaired) electrons. The number of aryl methyl sites for hydroxylation is 1. The van der Waals surface area contributed by atoms with Crippen molar-refractivity contribution < 1.29 is 5.11 Å². The quantitative estimate of drug-likeness (QED) is 0.857. The molecule has 0 saturated heterocycles. The minimum atomic E-state index is 0.230. The van der Waals surface area contributed by atoms with Gasteiger partial charge in [0.2, 0.25) is 0 Å². The topological polar surface area (TPSA) is 32.3 Å². The monoisotopic (exact) mass is 255 g/mol. The Bertz CT molecular complexity index is 522. The van der Waals surface area contributed by atoms with Gasteiger partial charge in [-0.1, -0.05) is 48.5 Å². The van der Waals surface area contributed by atoms with E-state index in [9.17, 15) is 5.11 Å². The van der Waals surface area contributed by atoms with E-state index >= 15 is 0 Å². The van der Waals surface area contributed by atoms with Gasteiger partial charge in [0.1, 0.15) is 5.75 Å². The average molecular weight is 255 g/mol. The highest BCUT2D eigenvalue weighted by atomic mass is 16.3. The molecule has 1 unspecified atom stereocenters. The summed E-state index contributed by atoms with van der Waals surface area (Å²) in [6.07, 6.45) is 0.970. The molecule has 0 bridgehead atoms. The van der Waals surface area contributed by atoms with Crippen LogP contribution in [-0.4, -0.2) is 18.7 Å². The number of phenolic OH excluding ortho intramolecular Hbond substituents is 1. The zero-order valence-electron chi connectivity index (χ0n) is 11.6. The van der Waals surface area contributed by atoms with Gasteiger partial charge in [-0.3, -0.25) is 0 Å². The fourth-order valence-electron chi connectivity index (χ4n) is 2.44. The molecule has 0 fully saturated rings. The Morgan fingerprint density at radius 3 is 2.47 bits per heavy atom. The van der Waals surface area contributed by atoms with Gasteiger partial charge in [0.15, 0.2) is 0 Å². The number of rotatable bonds is 5. The number of hydrogen-bond acceptors (Lipinski definition) is 2. The van der Waals surface area contributed by atoms with Gasteiger partial charge in [0, 0.05) is 11.5 Å². The van der Waals surface area contributed by atoms with Crippen LogP contribution in [0.4, 0.5) is 0 Å². The summed E-state index contributed by atoms with van der Waals surface area (Å²) in [4.78, 5) is 0. The van der Waals surface area contributed by atoms with E-state index in [0.717, 1.165) is 24.1 Å². The van der Waals surface area contributed by atoms with Gasteiger partial charge >= 0.3 is 0 Å². The zero-order chi connectivity index (χ0) is 13.7. The fraction of sp³-hybridized carbons (Fsp3) is 0.294. The largest absolute Gasteiger partial charge is 0.507 e. The Balaban J connectivity index is 2.40. The number of para-hydroxylation sites is 1. The average Bonchev–Trinajstić information content (AvgIpc) is 2.45. The van der Waals surface area contributed by atoms with Gasteiger partial charge in [-0.15, -0.1) is 0 Å². The van der Waals surface area contributed by atoms with Crippen molar-refractivity contribution in [2.45, 2.75) is 19.3 Å². The lowest BCUT2D eigenvalue weighted by atomic mass is 9.87. The number of hydrogen-bond donors (Lipinski definition) is 2.